The number of hydrogen-bond donors (Lipinski definition) is 1. The van der Waals surface area contributed by atoms with Crippen molar-refractivity contribution >= 4 is 0 Å². The molecule has 20 heavy (non-hydrogen) atoms. The lowest BCUT2D eigenvalue weighted by atomic mass is 9.69. The second-order valence-corrected chi connectivity index (χ2v) is 7.96. The molecule has 1 aromatic carbocycles. The Morgan fingerprint density at radius 3 is 2.30 bits per heavy atom. The first-order valence-corrected chi connectivity index (χ1v) is 8.17. The lowest BCUT2D eigenvalue weighted by Gasteiger charge is -2.40. The van der Waals surface area contributed by atoms with Crippen LogP contribution in [0.25, 0.3) is 0 Å². The second kappa shape index (κ2) is 4.59. The molecule has 1 N–H and O–H groups in total. The molecule has 2 saturated carbocycles. The highest BCUT2D eigenvalue weighted by atomic mass is 15.0. The Morgan fingerprint density at radius 2 is 1.80 bits per heavy atom. The molecule has 2 bridgehead atoms. The van der Waals surface area contributed by atoms with Crippen LogP contribution in [-0.2, 0) is 0 Å². The Kier molecular flexibility index (Phi) is 3.25. The van der Waals surface area contributed by atoms with Gasteiger partial charge in [-0.2, -0.15) is 0 Å². The van der Waals surface area contributed by atoms with Gasteiger partial charge in [0.1, 0.15) is 0 Å². The Hall–Kier alpha value is -0.820. The molecule has 1 nitrogen and oxygen atoms in total. The molecule has 1 heteroatoms. The summed E-state index contributed by atoms with van der Waals surface area (Å²) in [5, 5.41) is 3.94. The van der Waals surface area contributed by atoms with Gasteiger partial charge in [-0.3, -0.25) is 0 Å². The summed E-state index contributed by atoms with van der Waals surface area (Å²) in [4.78, 5) is 0. The fourth-order valence-electron chi connectivity index (χ4n) is 4.71. The summed E-state index contributed by atoms with van der Waals surface area (Å²) >= 11 is 0. The monoisotopic (exact) mass is 271 g/mol. The third-order valence-corrected chi connectivity index (χ3v) is 6.82. The minimum Gasteiger partial charge on any atom is -0.307 e. The highest BCUT2D eigenvalue weighted by molar-refractivity contribution is 5.24. The smallest absolute Gasteiger partial charge is 0.0294 e. The zero-order chi connectivity index (χ0) is 14.5. The van der Waals surface area contributed by atoms with E-state index in [9.17, 15) is 0 Å². The van der Waals surface area contributed by atoms with Gasteiger partial charge in [-0.05, 0) is 55.4 Å². The SMILES string of the molecule is Cc1ccc(C(C)NC2CC3CCC2(C)C3(C)C)cc1. The highest BCUT2D eigenvalue weighted by Crippen LogP contribution is 2.65. The maximum absolute atomic E-state index is 3.94. The number of nitrogens with one attached hydrogen (secondary N) is 1. The van der Waals surface area contributed by atoms with Crippen LogP contribution in [0.2, 0.25) is 0 Å². The van der Waals surface area contributed by atoms with Crippen LogP contribution >= 0.6 is 0 Å². The number of rotatable bonds is 3. The fraction of sp³-hybridized carbons (Fsp3) is 0.684. The molecule has 0 radical (unpaired) electrons. The predicted molar refractivity (Wildman–Crippen MR) is 85.7 cm³/mol. The molecule has 0 saturated heterocycles. The summed E-state index contributed by atoms with van der Waals surface area (Å²) in [6.07, 6.45) is 4.18. The molecule has 4 unspecified atom stereocenters. The van der Waals surface area contributed by atoms with Crippen LogP contribution in [0.1, 0.15) is 64.1 Å². The second-order valence-electron chi connectivity index (χ2n) is 7.96. The van der Waals surface area contributed by atoms with Crippen LogP contribution in [0.5, 0.6) is 0 Å². The van der Waals surface area contributed by atoms with Gasteiger partial charge in [-0.25, -0.2) is 0 Å². The number of hydrogen-bond acceptors (Lipinski definition) is 1. The number of benzene rings is 1. The molecule has 0 amide bonds. The van der Waals surface area contributed by atoms with Crippen molar-refractivity contribution in [2.45, 2.75) is 66.0 Å². The van der Waals surface area contributed by atoms with Crippen LogP contribution in [-0.4, -0.2) is 6.04 Å². The Morgan fingerprint density at radius 1 is 1.15 bits per heavy atom. The van der Waals surface area contributed by atoms with Gasteiger partial charge in [0.15, 0.2) is 0 Å². The summed E-state index contributed by atoms with van der Waals surface area (Å²) in [5.74, 6) is 0.912. The van der Waals surface area contributed by atoms with Crippen LogP contribution in [0.15, 0.2) is 24.3 Å². The van der Waals surface area contributed by atoms with Crippen molar-refractivity contribution in [1.29, 1.82) is 0 Å². The quantitative estimate of drug-likeness (QED) is 0.827. The van der Waals surface area contributed by atoms with Gasteiger partial charge in [0.25, 0.3) is 0 Å². The van der Waals surface area contributed by atoms with E-state index in [1.807, 2.05) is 0 Å². The molecule has 0 aliphatic heterocycles. The molecule has 110 valence electrons. The van der Waals surface area contributed by atoms with Gasteiger partial charge in [0, 0.05) is 12.1 Å². The first-order chi connectivity index (χ1) is 9.34. The van der Waals surface area contributed by atoms with E-state index in [1.54, 1.807) is 0 Å². The molecule has 2 fully saturated rings. The van der Waals surface area contributed by atoms with E-state index >= 15 is 0 Å². The summed E-state index contributed by atoms with van der Waals surface area (Å²) in [6.45, 7) is 12.0. The third-order valence-electron chi connectivity index (χ3n) is 6.82. The topological polar surface area (TPSA) is 12.0 Å². The average Bonchev–Trinajstić information content (AvgIpc) is 2.72. The Bertz CT molecular complexity index is 487. The maximum atomic E-state index is 3.94. The Labute approximate surface area is 124 Å². The zero-order valence-electron chi connectivity index (χ0n) is 13.7. The average molecular weight is 271 g/mol. The van der Waals surface area contributed by atoms with Gasteiger partial charge >= 0.3 is 0 Å². The molecule has 0 heterocycles. The molecule has 2 aliphatic rings. The first kappa shape index (κ1) is 14.1. The minimum absolute atomic E-state index is 0.451. The molecule has 2 aliphatic carbocycles. The molecule has 0 spiro atoms. The summed E-state index contributed by atoms with van der Waals surface area (Å²) < 4.78 is 0. The molecular weight excluding hydrogens is 242 g/mol. The van der Waals surface area contributed by atoms with Crippen molar-refractivity contribution in [3.05, 3.63) is 35.4 Å². The maximum Gasteiger partial charge on any atom is 0.0294 e. The summed E-state index contributed by atoms with van der Waals surface area (Å²) in [5.41, 5.74) is 3.72. The van der Waals surface area contributed by atoms with Crippen molar-refractivity contribution in [3.63, 3.8) is 0 Å². The number of aryl methyl sites for hydroxylation is 1. The third kappa shape index (κ3) is 1.94. The fourth-order valence-corrected chi connectivity index (χ4v) is 4.71. The van der Waals surface area contributed by atoms with Gasteiger partial charge in [0.05, 0.1) is 0 Å². The lowest BCUT2D eigenvalue weighted by molar-refractivity contribution is 0.116. The summed E-state index contributed by atoms with van der Waals surface area (Å²) in [6, 6.07) is 10.1. The van der Waals surface area contributed by atoms with Crippen molar-refractivity contribution < 1.29 is 0 Å². The van der Waals surface area contributed by atoms with E-state index in [4.69, 9.17) is 0 Å². The number of fused-ring (bicyclic) bond motifs is 2. The molecular formula is C19H29N. The highest BCUT2D eigenvalue weighted by Gasteiger charge is 2.61. The lowest BCUT2D eigenvalue weighted by Crippen LogP contribution is -2.45. The van der Waals surface area contributed by atoms with Crippen LogP contribution in [0.3, 0.4) is 0 Å². The van der Waals surface area contributed by atoms with Crippen molar-refractivity contribution in [1.82, 2.24) is 5.32 Å². The van der Waals surface area contributed by atoms with Crippen LogP contribution in [0.4, 0.5) is 0 Å². The van der Waals surface area contributed by atoms with E-state index in [2.05, 4.69) is 64.2 Å². The van der Waals surface area contributed by atoms with Gasteiger partial charge < -0.3 is 5.32 Å². The summed E-state index contributed by atoms with van der Waals surface area (Å²) in [7, 11) is 0. The van der Waals surface area contributed by atoms with Crippen LogP contribution < -0.4 is 5.32 Å². The van der Waals surface area contributed by atoms with Gasteiger partial charge in [0.2, 0.25) is 0 Å². The van der Waals surface area contributed by atoms with Crippen LogP contribution in [0, 0.1) is 23.7 Å². The minimum atomic E-state index is 0.451. The van der Waals surface area contributed by atoms with Crippen molar-refractivity contribution in [3.8, 4) is 0 Å². The van der Waals surface area contributed by atoms with E-state index in [0.717, 1.165) is 5.92 Å². The largest absolute Gasteiger partial charge is 0.307 e. The molecule has 4 atom stereocenters. The molecule has 0 aromatic heterocycles. The van der Waals surface area contributed by atoms with Gasteiger partial charge in [-0.1, -0.05) is 50.6 Å². The van der Waals surface area contributed by atoms with Gasteiger partial charge in [-0.15, -0.1) is 0 Å². The Balaban J connectivity index is 1.75. The first-order valence-electron chi connectivity index (χ1n) is 8.17. The molecule has 3 rings (SSSR count). The molecule has 1 aromatic rings. The van der Waals surface area contributed by atoms with E-state index < -0.39 is 0 Å². The van der Waals surface area contributed by atoms with Crippen molar-refractivity contribution in [2.75, 3.05) is 0 Å². The van der Waals surface area contributed by atoms with Crippen molar-refractivity contribution in [2.24, 2.45) is 16.7 Å². The van der Waals surface area contributed by atoms with E-state index in [-0.39, 0.29) is 0 Å². The standard InChI is InChI=1S/C19H29N/c1-13-6-8-15(9-7-13)14(2)20-17-12-16-10-11-19(17,5)18(16,3)4/h6-9,14,16-17,20H,10-12H2,1-5H3. The van der Waals surface area contributed by atoms with E-state index in [1.165, 1.54) is 30.4 Å². The predicted octanol–water partition coefficient (Wildman–Crippen LogP) is 4.86. The zero-order valence-corrected chi connectivity index (χ0v) is 13.7. The normalized spacial score (nSPS) is 36.2. The van der Waals surface area contributed by atoms with E-state index in [0.29, 0.717) is 22.9 Å².